The lowest BCUT2D eigenvalue weighted by Crippen LogP contribution is -2.19. The summed E-state index contributed by atoms with van der Waals surface area (Å²) in [6.07, 6.45) is 2.69. The molecule has 4 nitrogen and oxygen atoms in total. The number of carbonyl (C=O) groups is 2. The van der Waals surface area contributed by atoms with Crippen LogP contribution in [0.2, 0.25) is 0 Å². The van der Waals surface area contributed by atoms with Gasteiger partial charge in [-0.25, -0.2) is 4.39 Å². The summed E-state index contributed by atoms with van der Waals surface area (Å²) >= 11 is 0. The summed E-state index contributed by atoms with van der Waals surface area (Å²) in [5.41, 5.74) is 2.44. The largest absolute Gasteiger partial charge is 0.491 e. The monoisotopic (exact) mass is 353 g/mol. The third-order valence-corrected chi connectivity index (χ3v) is 5.10. The zero-order chi connectivity index (χ0) is 18.3. The van der Waals surface area contributed by atoms with Crippen LogP contribution >= 0.6 is 0 Å². The topological polar surface area (TPSA) is 55.4 Å². The van der Waals surface area contributed by atoms with Crippen molar-refractivity contribution < 1.29 is 18.7 Å². The molecule has 26 heavy (non-hydrogen) atoms. The quantitative estimate of drug-likeness (QED) is 0.834. The van der Waals surface area contributed by atoms with Gasteiger partial charge in [0.1, 0.15) is 11.6 Å². The third kappa shape index (κ3) is 3.09. The van der Waals surface area contributed by atoms with Crippen LogP contribution in [-0.4, -0.2) is 25.3 Å². The summed E-state index contributed by atoms with van der Waals surface area (Å²) in [5.74, 6) is 0.199. The number of rotatable bonds is 5. The Morgan fingerprint density at radius 3 is 2.73 bits per heavy atom. The molecule has 0 aromatic heterocycles. The number of hydrogen-bond donors (Lipinski definition) is 1. The van der Waals surface area contributed by atoms with E-state index in [1.807, 2.05) is 12.1 Å². The SMILES string of the molecule is CNC(=O)c1cc(C(=O)CC2CC2)cc2c1OC[C@H]2c1cccc(F)c1. The zero-order valence-electron chi connectivity index (χ0n) is 14.5. The van der Waals surface area contributed by atoms with E-state index in [0.717, 1.165) is 24.0 Å². The molecule has 2 aliphatic rings. The molecule has 134 valence electrons. The van der Waals surface area contributed by atoms with Crippen molar-refractivity contribution in [1.29, 1.82) is 0 Å². The second kappa shape index (κ2) is 6.56. The van der Waals surface area contributed by atoms with Crippen LogP contribution in [0.15, 0.2) is 36.4 Å². The molecule has 0 radical (unpaired) electrons. The zero-order valence-corrected chi connectivity index (χ0v) is 14.5. The molecule has 0 bridgehead atoms. The van der Waals surface area contributed by atoms with Gasteiger partial charge in [-0.05, 0) is 48.6 Å². The number of ether oxygens (including phenoxy) is 1. The third-order valence-electron chi connectivity index (χ3n) is 5.10. The van der Waals surface area contributed by atoms with Crippen molar-refractivity contribution in [3.63, 3.8) is 0 Å². The maximum absolute atomic E-state index is 13.7. The Morgan fingerprint density at radius 2 is 2.04 bits per heavy atom. The fraction of sp³-hybridized carbons (Fsp3) is 0.333. The van der Waals surface area contributed by atoms with E-state index in [1.165, 1.54) is 12.1 Å². The molecule has 5 heteroatoms. The summed E-state index contributed by atoms with van der Waals surface area (Å²) in [4.78, 5) is 24.9. The Kier molecular flexibility index (Phi) is 4.23. The fourth-order valence-corrected chi connectivity index (χ4v) is 3.49. The van der Waals surface area contributed by atoms with Crippen molar-refractivity contribution in [3.05, 3.63) is 64.5 Å². The number of hydrogen-bond acceptors (Lipinski definition) is 3. The summed E-state index contributed by atoms with van der Waals surface area (Å²) in [6, 6.07) is 9.80. The highest BCUT2D eigenvalue weighted by Crippen LogP contribution is 2.42. The summed E-state index contributed by atoms with van der Waals surface area (Å²) in [5, 5.41) is 2.60. The molecule has 1 atom stereocenters. The average Bonchev–Trinajstić information content (AvgIpc) is 3.35. The van der Waals surface area contributed by atoms with E-state index in [4.69, 9.17) is 4.74 Å². The van der Waals surface area contributed by atoms with Crippen LogP contribution in [-0.2, 0) is 0 Å². The molecule has 1 saturated carbocycles. The van der Waals surface area contributed by atoms with Gasteiger partial charge < -0.3 is 10.1 Å². The number of halogens is 1. The second-order valence-corrected chi connectivity index (χ2v) is 7.01. The van der Waals surface area contributed by atoms with Crippen LogP contribution in [0.5, 0.6) is 5.75 Å². The van der Waals surface area contributed by atoms with Gasteiger partial charge in [-0.15, -0.1) is 0 Å². The normalized spacial score (nSPS) is 18.2. The Hall–Kier alpha value is -2.69. The van der Waals surface area contributed by atoms with Gasteiger partial charge in [0, 0.05) is 30.5 Å². The van der Waals surface area contributed by atoms with Crippen LogP contribution < -0.4 is 10.1 Å². The van der Waals surface area contributed by atoms with E-state index in [-0.39, 0.29) is 23.4 Å². The van der Waals surface area contributed by atoms with Crippen LogP contribution in [0.1, 0.15) is 57.0 Å². The number of carbonyl (C=O) groups excluding carboxylic acids is 2. The van der Waals surface area contributed by atoms with Gasteiger partial charge in [0.05, 0.1) is 12.2 Å². The highest BCUT2D eigenvalue weighted by Gasteiger charge is 2.32. The van der Waals surface area contributed by atoms with Crippen molar-refractivity contribution in [3.8, 4) is 5.75 Å². The summed E-state index contributed by atoms with van der Waals surface area (Å²) in [6.45, 7) is 0.322. The predicted molar refractivity (Wildman–Crippen MR) is 95.2 cm³/mol. The minimum Gasteiger partial charge on any atom is -0.491 e. The van der Waals surface area contributed by atoms with Gasteiger partial charge in [-0.3, -0.25) is 9.59 Å². The molecule has 4 rings (SSSR count). The van der Waals surface area contributed by atoms with Crippen molar-refractivity contribution in [2.45, 2.75) is 25.2 Å². The minimum atomic E-state index is -0.316. The number of benzene rings is 2. The maximum atomic E-state index is 13.7. The van der Waals surface area contributed by atoms with Gasteiger partial charge in [0.15, 0.2) is 5.78 Å². The van der Waals surface area contributed by atoms with Gasteiger partial charge in [0.2, 0.25) is 0 Å². The van der Waals surface area contributed by atoms with Gasteiger partial charge in [-0.1, -0.05) is 12.1 Å². The lowest BCUT2D eigenvalue weighted by atomic mass is 9.89. The molecule has 1 heterocycles. The summed E-state index contributed by atoms with van der Waals surface area (Å²) < 4.78 is 19.5. The molecule has 1 fully saturated rings. The Morgan fingerprint density at radius 1 is 1.23 bits per heavy atom. The van der Waals surface area contributed by atoms with Crippen molar-refractivity contribution in [2.24, 2.45) is 5.92 Å². The number of Topliss-reactive ketones (excluding diaryl/α,β-unsaturated/α-hetero) is 1. The van der Waals surface area contributed by atoms with Crippen molar-refractivity contribution >= 4 is 11.7 Å². The maximum Gasteiger partial charge on any atom is 0.254 e. The number of nitrogens with one attached hydrogen (secondary N) is 1. The van der Waals surface area contributed by atoms with Crippen LogP contribution in [0.3, 0.4) is 0 Å². The first-order valence-corrected chi connectivity index (χ1v) is 8.88. The number of fused-ring (bicyclic) bond motifs is 1. The molecule has 0 saturated heterocycles. The van der Waals surface area contributed by atoms with Gasteiger partial charge in [-0.2, -0.15) is 0 Å². The molecule has 2 aromatic carbocycles. The first-order valence-electron chi connectivity index (χ1n) is 8.88. The van der Waals surface area contributed by atoms with E-state index in [0.29, 0.717) is 35.8 Å². The van der Waals surface area contributed by atoms with E-state index >= 15 is 0 Å². The molecule has 1 amide bonds. The summed E-state index contributed by atoms with van der Waals surface area (Å²) in [7, 11) is 1.55. The first kappa shape index (κ1) is 16.8. The Balaban J connectivity index is 1.78. The van der Waals surface area contributed by atoms with E-state index in [2.05, 4.69) is 5.32 Å². The number of ketones is 1. The second-order valence-electron chi connectivity index (χ2n) is 7.01. The highest BCUT2D eigenvalue weighted by molar-refractivity contribution is 6.03. The lowest BCUT2D eigenvalue weighted by Gasteiger charge is -2.12. The first-order chi connectivity index (χ1) is 12.6. The standard InChI is InChI=1S/C21H20FNO3/c1-23-21(25)17-10-14(19(24)7-12-5-6-12)9-16-18(11-26-20(16)17)13-3-2-4-15(22)8-13/h2-4,8-10,12,18H,5-7,11H2,1H3,(H,23,25)/t18-/m0/s1. The molecule has 0 spiro atoms. The Bertz CT molecular complexity index is 889. The molecule has 0 unspecified atom stereocenters. The molecular weight excluding hydrogens is 333 g/mol. The van der Waals surface area contributed by atoms with Gasteiger partial charge >= 0.3 is 0 Å². The molecular formula is C21H20FNO3. The van der Waals surface area contributed by atoms with Crippen molar-refractivity contribution in [2.75, 3.05) is 13.7 Å². The van der Waals surface area contributed by atoms with Crippen LogP contribution in [0, 0.1) is 11.7 Å². The van der Waals surface area contributed by atoms with E-state index < -0.39 is 0 Å². The van der Waals surface area contributed by atoms with E-state index in [1.54, 1.807) is 19.2 Å². The fourth-order valence-electron chi connectivity index (χ4n) is 3.49. The molecule has 1 N–H and O–H groups in total. The molecule has 1 aliphatic carbocycles. The van der Waals surface area contributed by atoms with Crippen molar-refractivity contribution in [1.82, 2.24) is 5.32 Å². The van der Waals surface area contributed by atoms with E-state index in [9.17, 15) is 14.0 Å². The molecule has 2 aromatic rings. The number of amides is 1. The minimum absolute atomic E-state index is 0.0466. The van der Waals surface area contributed by atoms with Crippen LogP contribution in [0.4, 0.5) is 4.39 Å². The Labute approximate surface area is 151 Å². The average molecular weight is 353 g/mol. The van der Waals surface area contributed by atoms with Gasteiger partial charge in [0.25, 0.3) is 5.91 Å². The highest BCUT2D eigenvalue weighted by atomic mass is 19.1. The smallest absolute Gasteiger partial charge is 0.254 e. The van der Waals surface area contributed by atoms with Crippen LogP contribution in [0.25, 0.3) is 0 Å². The predicted octanol–water partition coefficient (Wildman–Crippen LogP) is 3.69. The molecule has 1 aliphatic heterocycles. The lowest BCUT2D eigenvalue weighted by molar-refractivity contribution is 0.0960.